The molecule has 3 rings (SSSR count). The number of ether oxygens (including phenoxy) is 2. The molecule has 150 valence electrons. The second-order valence-corrected chi connectivity index (χ2v) is 6.86. The van der Waals surface area contributed by atoms with Crippen LogP contribution in [0.5, 0.6) is 0 Å². The Balaban J connectivity index is 1.69. The van der Waals surface area contributed by atoms with Crippen LogP contribution >= 0.6 is 0 Å². The molecule has 1 aliphatic rings. The highest BCUT2D eigenvalue weighted by Crippen LogP contribution is 2.40. The van der Waals surface area contributed by atoms with Crippen molar-refractivity contribution in [3.05, 3.63) is 24.2 Å². The predicted molar refractivity (Wildman–Crippen MR) is 98.1 cm³/mol. The summed E-state index contributed by atoms with van der Waals surface area (Å²) in [6.07, 6.45) is -1.15. The van der Waals surface area contributed by atoms with Crippen molar-refractivity contribution in [3.63, 3.8) is 0 Å². The average molecular weight is 389 g/mol. The standard InChI is InChI=1S/C17H23N7O4/c1-23(2)6-5-20-16(26)27-8-13-12(25)7-17(9-18,28-13)14-4-3-11-15(19)21-10-22-24(11)14/h3-4,10,12-13,25H,5-8H2,1-2H3,(H,20,26)(H2,19,21,22)/t12-,13+,17-/m0/s1. The summed E-state index contributed by atoms with van der Waals surface area (Å²) in [7, 11) is 3.78. The van der Waals surface area contributed by atoms with Crippen molar-refractivity contribution >= 4 is 17.4 Å². The van der Waals surface area contributed by atoms with Crippen LogP contribution in [0.15, 0.2) is 18.5 Å². The van der Waals surface area contributed by atoms with Crippen LogP contribution < -0.4 is 11.1 Å². The van der Waals surface area contributed by atoms with E-state index < -0.39 is 23.9 Å². The minimum absolute atomic E-state index is 0.00972. The van der Waals surface area contributed by atoms with Gasteiger partial charge in [0.2, 0.25) is 0 Å². The van der Waals surface area contributed by atoms with Gasteiger partial charge in [0.15, 0.2) is 11.4 Å². The molecule has 0 saturated carbocycles. The number of amides is 1. The van der Waals surface area contributed by atoms with Gasteiger partial charge in [-0.3, -0.25) is 0 Å². The monoisotopic (exact) mass is 389 g/mol. The molecule has 1 aliphatic heterocycles. The third kappa shape index (κ3) is 3.84. The molecule has 3 atom stereocenters. The first kappa shape index (κ1) is 19.8. The smallest absolute Gasteiger partial charge is 0.407 e. The molecule has 1 saturated heterocycles. The van der Waals surface area contributed by atoms with E-state index in [1.54, 1.807) is 12.1 Å². The van der Waals surface area contributed by atoms with E-state index in [0.717, 1.165) is 0 Å². The lowest BCUT2D eigenvalue weighted by molar-refractivity contribution is -0.0547. The fourth-order valence-corrected chi connectivity index (χ4v) is 3.10. The molecular weight excluding hydrogens is 366 g/mol. The summed E-state index contributed by atoms with van der Waals surface area (Å²) in [6.45, 7) is 0.916. The van der Waals surface area contributed by atoms with Crippen LogP contribution in [0.25, 0.3) is 5.52 Å². The van der Waals surface area contributed by atoms with Crippen LogP contribution in [-0.2, 0) is 15.1 Å². The summed E-state index contributed by atoms with van der Waals surface area (Å²) < 4.78 is 12.4. The number of rotatable bonds is 6. The van der Waals surface area contributed by atoms with E-state index in [4.69, 9.17) is 15.2 Å². The highest BCUT2D eigenvalue weighted by Gasteiger charge is 2.50. The van der Waals surface area contributed by atoms with Gasteiger partial charge in [0.1, 0.15) is 30.6 Å². The predicted octanol–water partition coefficient (Wildman–Crippen LogP) is -0.532. The number of nitrogens with one attached hydrogen (secondary N) is 1. The number of carbonyl (C=O) groups excluding carboxylic acids is 1. The number of nitriles is 1. The first-order valence-corrected chi connectivity index (χ1v) is 8.77. The summed E-state index contributed by atoms with van der Waals surface area (Å²) in [4.78, 5) is 17.6. The molecule has 2 aromatic rings. The number of alkyl carbamates (subject to hydrolysis) is 1. The molecule has 11 heteroatoms. The number of nitrogens with zero attached hydrogens (tertiary/aromatic N) is 5. The van der Waals surface area contributed by atoms with Crippen molar-refractivity contribution in [3.8, 4) is 6.07 Å². The zero-order valence-corrected chi connectivity index (χ0v) is 15.7. The van der Waals surface area contributed by atoms with Crippen molar-refractivity contribution in [2.45, 2.75) is 24.2 Å². The van der Waals surface area contributed by atoms with Gasteiger partial charge in [-0.15, -0.1) is 0 Å². The zero-order chi connectivity index (χ0) is 20.3. The Morgan fingerprint density at radius 3 is 3.11 bits per heavy atom. The Labute approximate surface area is 161 Å². The SMILES string of the molecule is CN(C)CCNC(=O)OC[C@H]1O[C@@](C#N)(c2ccc3c(N)ncnn23)C[C@@H]1O. The molecule has 3 heterocycles. The third-order valence-corrected chi connectivity index (χ3v) is 4.56. The highest BCUT2D eigenvalue weighted by molar-refractivity contribution is 5.67. The van der Waals surface area contributed by atoms with E-state index in [0.29, 0.717) is 24.3 Å². The number of hydrogen-bond acceptors (Lipinski definition) is 9. The number of hydrogen-bond donors (Lipinski definition) is 3. The fraction of sp³-hybridized carbons (Fsp3) is 0.529. The molecule has 0 unspecified atom stereocenters. The molecule has 0 spiro atoms. The Morgan fingerprint density at radius 2 is 2.39 bits per heavy atom. The largest absolute Gasteiger partial charge is 0.447 e. The summed E-state index contributed by atoms with van der Waals surface area (Å²) in [5, 5.41) is 26.9. The molecule has 1 amide bonds. The van der Waals surface area contributed by atoms with Gasteiger partial charge < -0.3 is 30.5 Å². The molecule has 4 N–H and O–H groups in total. The molecular formula is C17H23N7O4. The Kier molecular flexibility index (Phi) is 5.64. The van der Waals surface area contributed by atoms with Gasteiger partial charge in [-0.1, -0.05) is 0 Å². The number of nitrogens with two attached hydrogens (primary N) is 1. The second kappa shape index (κ2) is 7.97. The van der Waals surface area contributed by atoms with Crippen LogP contribution in [0.3, 0.4) is 0 Å². The van der Waals surface area contributed by atoms with Crippen LogP contribution in [0, 0.1) is 11.3 Å². The Bertz CT molecular complexity index is 893. The molecule has 1 fully saturated rings. The molecule has 0 bridgehead atoms. The maximum absolute atomic E-state index is 11.8. The zero-order valence-electron chi connectivity index (χ0n) is 15.7. The summed E-state index contributed by atoms with van der Waals surface area (Å²) in [5.41, 5.74) is 5.35. The number of nitrogen functional groups attached to an aromatic ring is 1. The Morgan fingerprint density at radius 1 is 1.61 bits per heavy atom. The Hall–Kier alpha value is -2.94. The van der Waals surface area contributed by atoms with Crippen molar-refractivity contribution in [1.82, 2.24) is 24.8 Å². The number of fused-ring (bicyclic) bond motifs is 1. The maximum Gasteiger partial charge on any atom is 0.407 e. The number of aliphatic hydroxyl groups is 1. The van der Waals surface area contributed by atoms with Gasteiger partial charge in [0.25, 0.3) is 0 Å². The van der Waals surface area contributed by atoms with Crippen molar-refractivity contribution < 1.29 is 19.4 Å². The number of aliphatic hydroxyl groups excluding tert-OH is 1. The van der Waals surface area contributed by atoms with Crippen molar-refractivity contribution in [1.29, 1.82) is 5.26 Å². The van der Waals surface area contributed by atoms with Gasteiger partial charge in [-0.05, 0) is 26.2 Å². The van der Waals surface area contributed by atoms with Crippen molar-refractivity contribution in [2.24, 2.45) is 0 Å². The summed E-state index contributed by atoms with van der Waals surface area (Å²) >= 11 is 0. The average Bonchev–Trinajstić information content (AvgIpc) is 3.22. The lowest BCUT2D eigenvalue weighted by atomic mass is 9.96. The van der Waals surface area contributed by atoms with Gasteiger partial charge in [0, 0.05) is 19.5 Å². The first-order chi connectivity index (χ1) is 13.4. The van der Waals surface area contributed by atoms with Gasteiger partial charge >= 0.3 is 6.09 Å². The fourth-order valence-electron chi connectivity index (χ4n) is 3.10. The number of aromatic nitrogens is 3. The van der Waals surface area contributed by atoms with E-state index >= 15 is 0 Å². The number of carbonyl (C=O) groups is 1. The van der Waals surface area contributed by atoms with Gasteiger partial charge in [-0.2, -0.15) is 10.4 Å². The van der Waals surface area contributed by atoms with Crippen LogP contribution in [0.1, 0.15) is 12.1 Å². The number of anilines is 1. The summed E-state index contributed by atoms with van der Waals surface area (Å²) in [5.74, 6) is 0.266. The van der Waals surface area contributed by atoms with Crippen LogP contribution in [0.2, 0.25) is 0 Å². The number of likely N-dealkylation sites (N-methyl/N-ethyl adjacent to an activating group) is 1. The van der Waals surface area contributed by atoms with Crippen LogP contribution in [0.4, 0.5) is 10.6 Å². The molecule has 28 heavy (non-hydrogen) atoms. The van der Waals surface area contributed by atoms with E-state index in [1.165, 1.54) is 10.8 Å². The maximum atomic E-state index is 11.8. The second-order valence-electron chi connectivity index (χ2n) is 6.86. The van der Waals surface area contributed by atoms with Crippen LogP contribution in [-0.4, -0.2) is 76.7 Å². The van der Waals surface area contributed by atoms with Gasteiger partial charge in [0.05, 0.1) is 11.8 Å². The lowest BCUT2D eigenvalue weighted by Gasteiger charge is -2.21. The quantitative estimate of drug-likeness (QED) is 0.592. The highest BCUT2D eigenvalue weighted by atomic mass is 16.6. The van der Waals surface area contributed by atoms with Gasteiger partial charge in [-0.25, -0.2) is 14.3 Å². The van der Waals surface area contributed by atoms with E-state index in [-0.39, 0.29) is 18.8 Å². The molecule has 11 nitrogen and oxygen atoms in total. The molecule has 0 aliphatic carbocycles. The topological polar surface area (TPSA) is 151 Å². The molecule has 2 aromatic heterocycles. The minimum atomic E-state index is -1.44. The third-order valence-electron chi connectivity index (χ3n) is 4.56. The van der Waals surface area contributed by atoms with Crippen molar-refractivity contribution in [2.75, 3.05) is 39.5 Å². The minimum Gasteiger partial charge on any atom is -0.447 e. The first-order valence-electron chi connectivity index (χ1n) is 8.77. The van der Waals surface area contributed by atoms with E-state index in [2.05, 4.69) is 21.5 Å². The molecule has 0 aromatic carbocycles. The molecule has 0 radical (unpaired) electrons. The lowest BCUT2D eigenvalue weighted by Crippen LogP contribution is -2.35. The normalized spacial score (nSPS) is 24.4. The summed E-state index contributed by atoms with van der Waals surface area (Å²) in [6, 6.07) is 5.46. The van der Waals surface area contributed by atoms with E-state index in [9.17, 15) is 15.2 Å². The van der Waals surface area contributed by atoms with E-state index in [1.807, 2.05) is 19.0 Å².